The fraction of sp³-hybridized carbons (Fsp3) is 0.200. The molecule has 2 rings (SSSR count). The number of nitrogens with one attached hydrogen (secondary N) is 1. The van der Waals surface area contributed by atoms with E-state index in [0.717, 1.165) is 16.8 Å². The van der Waals surface area contributed by atoms with Crippen molar-refractivity contribution in [3.63, 3.8) is 0 Å². The van der Waals surface area contributed by atoms with E-state index in [1.807, 2.05) is 37.3 Å². The van der Waals surface area contributed by atoms with Gasteiger partial charge in [0.2, 0.25) is 0 Å². The van der Waals surface area contributed by atoms with Gasteiger partial charge < -0.3 is 5.32 Å². The molecule has 0 fully saturated rings. The highest BCUT2D eigenvalue weighted by atomic mass is 14.9. The lowest BCUT2D eigenvalue weighted by molar-refractivity contribution is 0.879. The van der Waals surface area contributed by atoms with Crippen LogP contribution in [0, 0.1) is 18.3 Å². The molecule has 3 nitrogen and oxygen atoms in total. The summed E-state index contributed by atoms with van der Waals surface area (Å²) in [6.45, 7) is 4.09. The molecule has 0 aliphatic carbocycles. The SMILES string of the molecule is Cc1ccc(C#N)c(NC(C)c2ccncc2)c1. The van der Waals surface area contributed by atoms with Crippen molar-refractivity contribution in [2.75, 3.05) is 5.32 Å². The molecule has 0 amide bonds. The van der Waals surface area contributed by atoms with Crippen molar-refractivity contribution in [2.45, 2.75) is 19.9 Å². The van der Waals surface area contributed by atoms with Crippen molar-refractivity contribution in [1.82, 2.24) is 4.98 Å². The predicted octanol–water partition coefficient (Wildman–Crippen LogP) is 3.43. The summed E-state index contributed by atoms with van der Waals surface area (Å²) in [6, 6.07) is 12.1. The summed E-state index contributed by atoms with van der Waals surface area (Å²) in [5, 5.41) is 12.5. The lowest BCUT2D eigenvalue weighted by atomic mass is 10.1. The number of nitrogens with zero attached hydrogens (tertiary/aromatic N) is 2. The molecule has 0 saturated heterocycles. The predicted molar refractivity (Wildman–Crippen MR) is 72.2 cm³/mol. The standard InChI is InChI=1S/C15H15N3/c1-11-3-4-14(10-16)15(9-11)18-12(2)13-5-7-17-8-6-13/h3-9,12,18H,1-2H3. The number of hydrogen-bond donors (Lipinski definition) is 1. The lowest BCUT2D eigenvalue weighted by Gasteiger charge is -2.16. The van der Waals surface area contributed by atoms with Crippen LogP contribution in [0.1, 0.15) is 29.7 Å². The summed E-state index contributed by atoms with van der Waals surface area (Å²) in [7, 11) is 0. The van der Waals surface area contributed by atoms with E-state index < -0.39 is 0 Å². The van der Waals surface area contributed by atoms with Gasteiger partial charge in [-0.3, -0.25) is 4.98 Å². The molecule has 18 heavy (non-hydrogen) atoms. The van der Waals surface area contributed by atoms with Crippen LogP contribution in [0.3, 0.4) is 0 Å². The Kier molecular flexibility index (Phi) is 3.59. The third kappa shape index (κ3) is 2.67. The maximum absolute atomic E-state index is 9.09. The minimum absolute atomic E-state index is 0.141. The van der Waals surface area contributed by atoms with Gasteiger partial charge in [-0.25, -0.2) is 0 Å². The molecule has 0 saturated carbocycles. The molecule has 1 aromatic heterocycles. The van der Waals surface area contributed by atoms with Gasteiger partial charge in [0.25, 0.3) is 0 Å². The Labute approximate surface area is 107 Å². The van der Waals surface area contributed by atoms with Gasteiger partial charge in [-0.15, -0.1) is 0 Å². The van der Waals surface area contributed by atoms with Crippen molar-refractivity contribution < 1.29 is 0 Å². The van der Waals surface area contributed by atoms with Crippen LogP contribution in [0.15, 0.2) is 42.7 Å². The summed E-state index contributed by atoms with van der Waals surface area (Å²) in [6.07, 6.45) is 3.55. The second-order valence-electron chi connectivity index (χ2n) is 4.31. The van der Waals surface area contributed by atoms with Crippen LogP contribution < -0.4 is 5.32 Å². The lowest BCUT2D eigenvalue weighted by Crippen LogP contribution is -2.08. The van der Waals surface area contributed by atoms with E-state index in [4.69, 9.17) is 5.26 Å². The molecule has 1 atom stereocenters. The second-order valence-corrected chi connectivity index (χ2v) is 4.31. The summed E-state index contributed by atoms with van der Waals surface area (Å²) in [5.41, 5.74) is 3.83. The zero-order valence-corrected chi connectivity index (χ0v) is 10.5. The zero-order chi connectivity index (χ0) is 13.0. The molecular weight excluding hydrogens is 222 g/mol. The number of benzene rings is 1. The van der Waals surface area contributed by atoms with Crippen molar-refractivity contribution in [3.8, 4) is 6.07 Å². The molecule has 0 bridgehead atoms. The van der Waals surface area contributed by atoms with Gasteiger partial charge >= 0.3 is 0 Å². The van der Waals surface area contributed by atoms with E-state index in [9.17, 15) is 0 Å². The van der Waals surface area contributed by atoms with Gasteiger partial charge in [-0.05, 0) is 49.2 Å². The first-order chi connectivity index (χ1) is 8.70. The molecule has 1 aromatic carbocycles. The van der Waals surface area contributed by atoms with Gasteiger partial charge in [-0.2, -0.15) is 5.26 Å². The van der Waals surface area contributed by atoms with E-state index in [1.54, 1.807) is 12.4 Å². The van der Waals surface area contributed by atoms with Crippen LogP contribution in [-0.2, 0) is 0 Å². The first-order valence-electron chi connectivity index (χ1n) is 5.88. The summed E-state index contributed by atoms with van der Waals surface area (Å²) >= 11 is 0. The number of aryl methyl sites for hydroxylation is 1. The monoisotopic (exact) mass is 237 g/mol. The average molecular weight is 237 g/mol. The summed E-state index contributed by atoms with van der Waals surface area (Å²) in [4.78, 5) is 4.00. The maximum atomic E-state index is 9.09. The van der Waals surface area contributed by atoms with Crippen LogP contribution in [0.5, 0.6) is 0 Å². The van der Waals surface area contributed by atoms with Gasteiger partial charge in [0.15, 0.2) is 0 Å². The number of nitriles is 1. The van der Waals surface area contributed by atoms with Gasteiger partial charge in [0, 0.05) is 18.4 Å². The molecule has 0 spiro atoms. The van der Waals surface area contributed by atoms with E-state index in [-0.39, 0.29) is 6.04 Å². The summed E-state index contributed by atoms with van der Waals surface area (Å²) in [5.74, 6) is 0. The third-order valence-electron chi connectivity index (χ3n) is 2.87. The highest BCUT2D eigenvalue weighted by Crippen LogP contribution is 2.22. The molecule has 0 radical (unpaired) electrons. The first kappa shape index (κ1) is 12.1. The topological polar surface area (TPSA) is 48.7 Å². The van der Waals surface area contributed by atoms with Crippen molar-refractivity contribution in [2.24, 2.45) is 0 Å². The van der Waals surface area contributed by atoms with Crippen LogP contribution >= 0.6 is 0 Å². The third-order valence-corrected chi connectivity index (χ3v) is 2.87. The fourth-order valence-electron chi connectivity index (χ4n) is 1.84. The van der Waals surface area contributed by atoms with E-state index in [2.05, 4.69) is 23.3 Å². The maximum Gasteiger partial charge on any atom is 0.101 e. The Morgan fingerprint density at radius 2 is 1.94 bits per heavy atom. The minimum Gasteiger partial charge on any atom is -0.377 e. The molecular formula is C15H15N3. The Bertz CT molecular complexity index is 570. The molecule has 1 unspecified atom stereocenters. The van der Waals surface area contributed by atoms with Crippen LogP contribution in [0.2, 0.25) is 0 Å². The second kappa shape index (κ2) is 5.33. The van der Waals surface area contributed by atoms with Crippen LogP contribution in [0.4, 0.5) is 5.69 Å². The number of anilines is 1. The Morgan fingerprint density at radius 3 is 2.61 bits per heavy atom. The zero-order valence-electron chi connectivity index (χ0n) is 10.5. The molecule has 1 N–H and O–H groups in total. The van der Waals surface area contributed by atoms with Crippen molar-refractivity contribution in [3.05, 3.63) is 59.4 Å². The highest BCUT2D eigenvalue weighted by Gasteiger charge is 2.08. The number of rotatable bonds is 3. The fourth-order valence-corrected chi connectivity index (χ4v) is 1.84. The molecule has 1 heterocycles. The summed E-state index contributed by atoms with van der Waals surface area (Å²) < 4.78 is 0. The van der Waals surface area contributed by atoms with Gasteiger partial charge in [0.1, 0.15) is 6.07 Å². The quantitative estimate of drug-likeness (QED) is 0.889. The largest absolute Gasteiger partial charge is 0.377 e. The minimum atomic E-state index is 0.141. The highest BCUT2D eigenvalue weighted by molar-refractivity contribution is 5.59. The number of hydrogen-bond acceptors (Lipinski definition) is 3. The Balaban J connectivity index is 2.24. The average Bonchev–Trinajstić information content (AvgIpc) is 2.40. The normalized spacial score (nSPS) is 11.6. The molecule has 0 aliphatic rings. The number of aromatic nitrogens is 1. The van der Waals surface area contributed by atoms with Gasteiger partial charge in [0.05, 0.1) is 11.3 Å². The Morgan fingerprint density at radius 1 is 1.22 bits per heavy atom. The van der Waals surface area contributed by atoms with Crippen LogP contribution in [0.25, 0.3) is 0 Å². The van der Waals surface area contributed by atoms with Crippen molar-refractivity contribution >= 4 is 5.69 Å². The van der Waals surface area contributed by atoms with Crippen LogP contribution in [-0.4, -0.2) is 4.98 Å². The molecule has 2 aromatic rings. The first-order valence-corrected chi connectivity index (χ1v) is 5.88. The van der Waals surface area contributed by atoms with Crippen molar-refractivity contribution in [1.29, 1.82) is 5.26 Å². The van der Waals surface area contributed by atoms with E-state index >= 15 is 0 Å². The van der Waals surface area contributed by atoms with E-state index in [0.29, 0.717) is 5.56 Å². The smallest absolute Gasteiger partial charge is 0.101 e. The van der Waals surface area contributed by atoms with Gasteiger partial charge in [-0.1, -0.05) is 6.07 Å². The molecule has 3 heteroatoms. The number of pyridine rings is 1. The van der Waals surface area contributed by atoms with E-state index in [1.165, 1.54) is 0 Å². The molecule has 90 valence electrons. The molecule has 0 aliphatic heterocycles. The Hall–Kier alpha value is -2.34.